The van der Waals surface area contributed by atoms with E-state index < -0.39 is 22.1 Å². The zero-order valence-electron chi connectivity index (χ0n) is 14.5. The lowest BCUT2D eigenvalue weighted by Gasteiger charge is -2.13. The van der Waals surface area contributed by atoms with Crippen LogP contribution in [0, 0.1) is 0 Å². The van der Waals surface area contributed by atoms with Crippen LogP contribution in [0.25, 0.3) is 0 Å². The summed E-state index contributed by atoms with van der Waals surface area (Å²) in [7, 11) is -2.50. The topological polar surface area (TPSA) is 111 Å². The van der Waals surface area contributed by atoms with Gasteiger partial charge in [-0.3, -0.25) is 0 Å². The first-order valence-corrected chi connectivity index (χ1v) is 9.64. The van der Waals surface area contributed by atoms with Gasteiger partial charge in [-0.25, -0.2) is 17.9 Å². The number of benzene rings is 2. The van der Waals surface area contributed by atoms with Crippen molar-refractivity contribution in [2.24, 2.45) is 0 Å². The van der Waals surface area contributed by atoms with Gasteiger partial charge in [0.05, 0.1) is 23.7 Å². The van der Waals surface area contributed by atoms with Gasteiger partial charge in [0.15, 0.2) is 11.5 Å². The van der Waals surface area contributed by atoms with Gasteiger partial charge < -0.3 is 19.3 Å². The fourth-order valence-electron chi connectivity index (χ4n) is 2.59. The molecule has 9 heteroatoms. The molecule has 27 heavy (non-hydrogen) atoms. The van der Waals surface area contributed by atoms with Crippen LogP contribution in [0.3, 0.4) is 0 Å². The molecule has 8 nitrogen and oxygen atoms in total. The quantitative estimate of drug-likeness (QED) is 0.688. The van der Waals surface area contributed by atoms with Gasteiger partial charge in [-0.05, 0) is 48.4 Å². The Hall–Kier alpha value is -2.62. The van der Waals surface area contributed by atoms with Crippen LogP contribution < -0.4 is 14.2 Å². The molecule has 2 aromatic carbocycles. The van der Waals surface area contributed by atoms with Crippen LogP contribution >= 0.6 is 0 Å². The highest BCUT2D eigenvalue weighted by molar-refractivity contribution is 7.89. The lowest BCUT2D eigenvalue weighted by molar-refractivity contribution is 0.0600. The highest BCUT2D eigenvalue weighted by Crippen LogP contribution is 2.34. The molecule has 2 N–H and O–H groups in total. The number of nitrogens with one attached hydrogen (secondary N) is 1. The number of aliphatic hydroxyl groups excluding tert-OH is 1. The Labute approximate surface area is 156 Å². The summed E-state index contributed by atoms with van der Waals surface area (Å²) in [5.74, 6) is 0.624. The van der Waals surface area contributed by atoms with Crippen LogP contribution in [-0.2, 0) is 14.8 Å². The van der Waals surface area contributed by atoms with Crippen LogP contribution in [0.4, 0.5) is 0 Å². The van der Waals surface area contributed by atoms with Gasteiger partial charge in [0.2, 0.25) is 16.8 Å². The molecule has 2 aromatic rings. The molecule has 3 rings (SSSR count). The molecule has 0 radical (unpaired) electrons. The molecular weight excluding hydrogens is 374 g/mol. The third kappa shape index (κ3) is 4.38. The lowest BCUT2D eigenvalue weighted by Crippen LogP contribution is -2.26. The first kappa shape index (κ1) is 19.2. The number of methoxy groups -OCH3 is 1. The molecule has 0 spiro atoms. The van der Waals surface area contributed by atoms with Gasteiger partial charge >= 0.3 is 5.97 Å². The predicted molar refractivity (Wildman–Crippen MR) is 95.1 cm³/mol. The number of ether oxygens (including phenoxy) is 3. The average Bonchev–Trinajstić information content (AvgIpc) is 3.15. The molecule has 0 saturated heterocycles. The minimum atomic E-state index is -3.75. The Morgan fingerprint density at radius 2 is 1.89 bits per heavy atom. The Balaban J connectivity index is 1.58. The fraction of sp³-hybridized carbons (Fsp3) is 0.278. The second-order valence-electron chi connectivity index (χ2n) is 5.83. The summed E-state index contributed by atoms with van der Waals surface area (Å²) in [6.07, 6.45) is -0.678. The van der Waals surface area contributed by atoms with Crippen molar-refractivity contribution in [1.82, 2.24) is 4.72 Å². The number of carbonyl (C=O) groups excluding carboxylic acids is 1. The molecule has 0 unspecified atom stereocenters. The largest absolute Gasteiger partial charge is 0.465 e. The van der Waals surface area contributed by atoms with Crippen molar-refractivity contribution in [2.75, 3.05) is 20.4 Å². The minimum Gasteiger partial charge on any atom is -0.465 e. The normalized spacial score (nSPS) is 14.0. The molecule has 1 aliphatic heterocycles. The fourth-order valence-corrected chi connectivity index (χ4v) is 3.64. The zero-order valence-corrected chi connectivity index (χ0v) is 15.4. The monoisotopic (exact) mass is 393 g/mol. The molecule has 0 fully saturated rings. The molecule has 0 aliphatic carbocycles. The van der Waals surface area contributed by atoms with Crippen LogP contribution in [0.15, 0.2) is 47.4 Å². The third-order valence-corrected chi connectivity index (χ3v) is 5.55. The van der Waals surface area contributed by atoms with E-state index in [1.54, 1.807) is 18.2 Å². The van der Waals surface area contributed by atoms with Crippen molar-refractivity contribution in [1.29, 1.82) is 0 Å². The molecule has 144 valence electrons. The van der Waals surface area contributed by atoms with E-state index in [2.05, 4.69) is 9.46 Å². The predicted octanol–water partition coefficient (Wildman–Crippen LogP) is 1.60. The zero-order chi connectivity index (χ0) is 19.4. The van der Waals surface area contributed by atoms with Crippen LogP contribution in [-0.4, -0.2) is 39.9 Å². The molecule has 1 heterocycles. The SMILES string of the molecule is COC(=O)c1ccc(S(=O)(=O)NCC[C@@H](O)c2ccc3c(c2)OCO3)cc1. The number of esters is 1. The van der Waals surface area contributed by atoms with Gasteiger partial charge in [-0.15, -0.1) is 0 Å². The van der Waals surface area contributed by atoms with Crippen LogP contribution in [0.1, 0.15) is 28.4 Å². The summed E-state index contributed by atoms with van der Waals surface area (Å²) in [5.41, 5.74) is 0.871. The van der Waals surface area contributed by atoms with E-state index in [1.165, 1.54) is 31.4 Å². The molecule has 1 atom stereocenters. The minimum absolute atomic E-state index is 0.0210. The first-order chi connectivity index (χ1) is 12.9. The second kappa shape index (κ2) is 7.95. The van der Waals surface area contributed by atoms with Crippen molar-refractivity contribution >= 4 is 16.0 Å². The molecule has 0 aromatic heterocycles. The van der Waals surface area contributed by atoms with E-state index in [-0.39, 0.29) is 30.2 Å². The Bertz CT molecular complexity index is 925. The standard InChI is InChI=1S/C18H19NO7S/c1-24-18(21)12-2-5-14(6-3-12)27(22,23)19-9-8-15(20)13-4-7-16-17(10-13)26-11-25-16/h2-7,10,15,19-20H,8-9,11H2,1H3/t15-/m1/s1. The number of sulfonamides is 1. The summed E-state index contributed by atoms with van der Waals surface area (Å²) >= 11 is 0. The number of aliphatic hydroxyl groups is 1. The second-order valence-corrected chi connectivity index (χ2v) is 7.60. The third-order valence-electron chi connectivity index (χ3n) is 4.08. The molecule has 0 bridgehead atoms. The Morgan fingerprint density at radius 1 is 1.19 bits per heavy atom. The maximum Gasteiger partial charge on any atom is 0.337 e. The first-order valence-electron chi connectivity index (χ1n) is 8.16. The molecular formula is C18H19NO7S. The van der Waals surface area contributed by atoms with Crippen LogP contribution in [0.2, 0.25) is 0 Å². The molecule has 0 amide bonds. The summed E-state index contributed by atoms with van der Waals surface area (Å²) in [6, 6.07) is 10.5. The van der Waals surface area contributed by atoms with Gasteiger partial charge in [-0.2, -0.15) is 0 Å². The summed E-state index contributed by atoms with van der Waals surface area (Å²) in [6.45, 7) is 0.181. The molecule has 1 aliphatic rings. The average molecular weight is 393 g/mol. The highest BCUT2D eigenvalue weighted by Gasteiger charge is 2.18. The summed E-state index contributed by atoms with van der Waals surface area (Å²) in [5, 5.41) is 10.3. The van der Waals surface area contributed by atoms with Crippen molar-refractivity contribution in [3.8, 4) is 11.5 Å². The highest BCUT2D eigenvalue weighted by atomic mass is 32.2. The van der Waals surface area contributed by atoms with E-state index in [0.717, 1.165) is 0 Å². The number of carbonyl (C=O) groups is 1. The van der Waals surface area contributed by atoms with Crippen LogP contribution in [0.5, 0.6) is 11.5 Å². The van der Waals surface area contributed by atoms with Crippen molar-refractivity contribution in [2.45, 2.75) is 17.4 Å². The van der Waals surface area contributed by atoms with E-state index in [0.29, 0.717) is 17.1 Å². The lowest BCUT2D eigenvalue weighted by atomic mass is 10.1. The Kier molecular flexibility index (Phi) is 5.64. The van der Waals surface area contributed by atoms with Crippen molar-refractivity contribution in [3.05, 3.63) is 53.6 Å². The number of fused-ring (bicyclic) bond motifs is 1. The number of hydrogen-bond donors (Lipinski definition) is 2. The van der Waals surface area contributed by atoms with Crippen molar-refractivity contribution < 1.29 is 32.5 Å². The van der Waals surface area contributed by atoms with Gasteiger partial charge in [-0.1, -0.05) is 6.07 Å². The van der Waals surface area contributed by atoms with E-state index in [1.807, 2.05) is 0 Å². The molecule has 0 saturated carbocycles. The van der Waals surface area contributed by atoms with E-state index in [4.69, 9.17) is 9.47 Å². The number of rotatable bonds is 7. The Morgan fingerprint density at radius 3 is 2.59 bits per heavy atom. The smallest absolute Gasteiger partial charge is 0.337 e. The summed E-state index contributed by atoms with van der Waals surface area (Å²) < 4.78 is 42.1. The van der Waals surface area contributed by atoms with Gasteiger partial charge in [0, 0.05) is 6.54 Å². The number of hydrogen-bond acceptors (Lipinski definition) is 7. The van der Waals surface area contributed by atoms with E-state index in [9.17, 15) is 18.3 Å². The van der Waals surface area contributed by atoms with E-state index >= 15 is 0 Å². The van der Waals surface area contributed by atoms with Gasteiger partial charge in [0.25, 0.3) is 0 Å². The summed E-state index contributed by atoms with van der Waals surface area (Å²) in [4.78, 5) is 11.4. The maximum atomic E-state index is 12.3. The van der Waals surface area contributed by atoms with Crippen molar-refractivity contribution in [3.63, 3.8) is 0 Å². The maximum absolute atomic E-state index is 12.3. The van der Waals surface area contributed by atoms with Gasteiger partial charge in [0.1, 0.15) is 0 Å².